The number of carbonyl (C=O) groups is 1. The fourth-order valence-corrected chi connectivity index (χ4v) is 1.44. The van der Waals surface area contributed by atoms with Crippen molar-refractivity contribution in [1.82, 2.24) is 9.55 Å². The zero-order valence-corrected chi connectivity index (χ0v) is 10.2. The molecule has 0 aliphatic rings. The number of carbonyl (C=O) groups excluding carboxylic acids is 1. The van der Waals surface area contributed by atoms with Crippen molar-refractivity contribution in [1.29, 1.82) is 0 Å². The van der Waals surface area contributed by atoms with E-state index in [0.717, 1.165) is 0 Å². The van der Waals surface area contributed by atoms with Crippen molar-refractivity contribution in [2.75, 3.05) is 26.1 Å². The summed E-state index contributed by atoms with van der Waals surface area (Å²) in [4.78, 5) is 15.3. The molecule has 1 aromatic rings. The summed E-state index contributed by atoms with van der Waals surface area (Å²) in [6.07, 6.45) is -2.50. The Morgan fingerprint density at radius 2 is 2.22 bits per heavy atom. The number of nitrogens with two attached hydrogens (primary N) is 1. The Morgan fingerprint density at radius 3 is 2.78 bits per heavy atom. The number of ether oxygens (including phenoxy) is 2. The van der Waals surface area contributed by atoms with Crippen molar-refractivity contribution in [2.24, 2.45) is 0 Å². The van der Waals surface area contributed by atoms with Gasteiger partial charge in [-0.1, -0.05) is 0 Å². The van der Waals surface area contributed by atoms with E-state index < -0.39 is 19.0 Å². The molecule has 102 valence electrons. The van der Waals surface area contributed by atoms with Crippen LogP contribution in [0.4, 0.5) is 14.6 Å². The third-order valence-electron chi connectivity index (χ3n) is 2.28. The van der Waals surface area contributed by atoms with Crippen LogP contribution in [0.2, 0.25) is 0 Å². The summed E-state index contributed by atoms with van der Waals surface area (Å²) >= 11 is 0. The largest absolute Gasteiger partial charge is 0.464 e. The van der Waals surface area contributed by atoms with Gasteiger partial charge in [0.05, 0.1) is 13.7 Å². The molecular weight excluding hydrogens is 248 g/mol. The van der Waals surface area contributed by atoms with Crippen LogP contribution in [0.5, 0.6) is 0 Å². The van der Waals surface area contributed by atoms with Gasteiger partial charge in [-0.15, -0.1) is 0 Å². The third kappa shape index (κ3) is 3.39. The van der Waals surface area contributed by atoms with Crippen LogP contribution in [0.15, 0.2) is 0 Å². The predicted molar refractivity (Wildman–Crippen MR) is 59.5 cm³/mol. The number of rotatable bonds is 6. The maximum absolute atomic E-state index is 11.8. The first-order valence-corrected chi connectivity index (χ1v) is 5.24. The average Bonchev–Trinajstić information content (AvgIpc) is 2.60. The van der Waals surface area contributed by atoms with Crippen molar-refractivity contribution in [3.05, 3.63) is 11.5 Å². The highest BCUT2D eigenvalue weighted by Gasteiger charge is 2.18. The van der Waals surface area contributed by atoms with E-state index in [1.807, 2.05) is 0 Å². The molecule has 1 rings (SSSR count). The Morgan fingerprint density at radius 1 is 1.56 bits per heavy atom. The van der Waals surface area contributed by atoms with Gasteiger partial charge >= 0.3 is 5.97 Å². The third-order valence-corrected chi connectivity index (χ3v) is 2.28. The molecular formula is C10H15F2N3O3. The molecule has 0 saturated heterocycles. The molecule has 6 nitrogen and oxygen atoms in total. The number of hydrogen-bond donors (Lipinski definition) is 1. The molecule has 0 bridgehead atoms. The molecule has 0 fully saturated rings. The van der Waals surface area contributed by atoms with Crippen molar-refractivity contribution in [2.45, 2.75) is 19.9 Å². The van der Waals surface area contributed by atoms with E-state index in [2.05, 4.69) is 9.72 Å². The van der Waals surface area contributed by atoms with Crippen LogP contribution < -0.4 is 5.73 Å². The van der Waals surface area contributed by atoms with E-state index in [4.69, 9.17) is 10.5 Å². The predicted octanol–water partition coefficient (Wildman–Crippen LogP) is 0.842. The standard InChI is InChI=1S/C10H15F2N3O3/c1-6-14-8(10(16)17-2)9(13)15(6)3-4-18-5-7(11)12/h7H,3-5,13H2,1-2H3. The van der Waals surface area contributed by atoms with E-state index in [-0.39, 0.29) is 24.7 Å². The molecule has 0 saturated carbocycles. The average molecular weight is 263 g/mol. The Bertz CT molecular complexity index is 421. The summed E-state index contributed by atoms with van der Waals surface area (Å²) in [5, 5.41) is 0. The highest BCUT2D eigenvalue weighted by atomic mass is 19.3. The lowest BCUT2D eigenvalue weighted by atomic mass is 10.4. The van der Waals surface area contributed by atoms with Crippen LogP contribution in [-0.4, -0.2) is 42.3 Å². The van der Waals surface area contributed by atoms with E-state index in [1.54, 1.807) is 6.92 Å². The van der Waals surface area contributed by atoms with E-state index >= 15 is 0 Å². The summed E-state index contributed by atoms with van der Waals surface area (Å²) in [5.41, 5.74) is 5.74. The molecule has 0 aliphatic heterocycles. The zero-order valence-electron chi connectivity index (χ0n) is 10.2. The lowest BCUT2D eigenvalue weighted by Crippen LogP contribution is -2.14. The number of halogens is 2. The second kappa shape index (κ2) is 6.29. The minimum atomic E-state index is -2.50. The fraction of sp³-hybridized carbons (Fsp3) is 0.600. The van der Waals surface area contributed by atoms with E-state index in [0.29, 0.717) is 5.82 Å². The number of hydrogen-bond acceptors (Lipinski definition) is 5. The van der Waals surface area contributed by atoms with Crippen LogP contribution in [-0.2, 0) is 16.0 Å². The summed E-state index contributed by atoms with van der Waals surface area (Å²) in [7, 11) is 1.22. The van der Waals surface area contributed by atoms with Gasteiger partial charge in [-0.25, -0.2) is 18.6 Å². The van der Waals surface area contributed by atoms with Crippen molar-refractivity contribution in [3.63, 3.8) is 0 Å². The van der Waals surface area contributed by atoms with Crippen LogP contribution in [0.25, 0.3) is 0 Å². The molecule has 8 heteroatoms. The summed E-state index contributed by atoms with van der Waals surface area (Å²) in [6, 6.07) is 0. The SMILES string of the molecule is COC(=O)c1nc(C)n(CCOCC(F)F)c1N. The number of aryl methyl sites for hydroxylation is 1. The van der Waals surface area contributed by atoms with E-state index in [9.17, 15) is 13.6 Å². The molecule has 1 aromatic heterocycles. The number of anilines is 1. The molecule has 0 unspecified atom stereocenters. The van der Waals surface area contributed by atoms with Crippen molar-refractivity contribution < 1.29 is 23.0 Å². The number of alkyl halides is 2. The van der Waals surface area contributed by atoms with Crippen LogP contribution in [0.1, 0.15) is 16.3 Å². The lowest BCUT2D eigenvalue weighted by Gasteiger charge is -2.08. The van der Waals surface area contributed by atoms with E-state index in [1.165, 1.54) is 11.7 Å². The lowest BCUT2D eigenvalue weighted by molar-refractivity contribution is 0.0148. The highest BCUT2D eigenvalue weighted by molar-refractivity contribution is 5.92. The number of methoxy groups -OCH3 is 1. The second-order valence-corrected chi connectivity index (χ2v) is 3.50. The van der Waals surface area contributed by atoms with Gasteiger partial charge < -0.3 is 19.8 Å². The smallest absolute Gasteiger partial charge is 0.360 e. The number of aromatic nitrogens is 2. The van der Waals surface area contributed by atoms with Crippen LogP contribution >= 0.6 is 0 Å². The normalized spacial score (nSPS) is 10.9. The number of esters is 1. The second-order valence-electron chi connectivity index (χ2n) is 3.50. The molecule has 0 radical (unpaired) electrons. The Balaban J connectivity index is 2.66. The molecule has 0 amide bonds. The van der Waals surface area contributed by atoms with Gasteiger partial charge in [-0.3, -0.25) is 0 Å². The number of imidazole rings is 1. The maximum atomic E-state index is 11.8. The fourth-order valence-electron chi connectivity index (χ4n) is 1.44. The van der Waals surface area contributed by atoms with Crippen molar-refractivity contribution in [3.8, 4) is 0 Å². The highest BCUT2D eigenvalue weighted by Crippen LogP contribution is 2.14. The molecule has 0 spiro atoms. The van der Waals surface area contributed by atoms with Gasteiger partial charge in [-0.05, 0) is 6.92 Å². The molecule has 2 N–H and O–H groups in total. The molecule has 0 aliphatic carbocycles. The van der Waals surface area contributed by atoms with Gasteiger partial charge in [0.1, 0.15) is 18.2 Å². The quantitative estimate of drug-likeness (QED) is 0.607. The minimum absolute atomic E-state index is 0.0175. The zero-order chi connectivity index (χ0) is 13.7. The summed E-state index contributed by atoms with van der Waals surface area (Å²) in [5.74, 6) is -0.00334. The van der Waals surface area contributed by atoms with Gasteiger partial charge in [0.2, 0.25) is 0 Å². The first-order chi connectivity index (χ1) is 8.47. The Hall–Kier alpha value is -1.70. The molecule has 18 heavy (non-hydrogen) atoms. The monoisotopic (exact) mass is 263 g/mol. The topological polar surface area (TPSA) is 79.4 Å². The van der Waals surface area contributed by atoms with Gasteiger partial charge in [0.25, 0.3) is 6.43 Å². The maximum Gasteiger partial charge on any atom is 0.360 e. The van der Waals surface area contributed by atoms with Gasteiger partial charge in [-0.2, -0.15) is 0 Å². The summed E-state index contributed by atoms with van der Waals surface area (Å²) in [6.45, 7) is 1.33. The van der Waals surface area contributed by atoms with Crippen LogP contribution in [0.3, 0.4) is 0 Å². The van der Waals surface area contributed by atoms with Crippen LogP contribution in [0, 0.1) is 6.92 Å². The first kappa shape index (κ1) is 14.4. The molecule has 0 atom stereocenters. The Labute approximate surface area is 103 Å². The van der Waals surface area contributed by atoms with Gasteiger partial charge in [0, 0.05) is 6.54 Å². The summed E-state index contributed by atoms with van der Waals surface area (Å²) < 4.78 is 34.5. The van der Waals surface area contributed by atoms with Gasteiger partial charge in [0.15, 0.2) is 5.69 Å². The Kier molecular flexibility index (Phi) is 5.02. The molecule has 0 aromatic carbocycles. The molecule has 1 heterocycles. The minimum Gasteiger partial charge on any atom is -0.464 e. The number of nitrogens with zero attached hydrogens (tertiary/aromatic N) is 2. The van der Waals surface area contributed by atoms with Crippen molar-refractivity contribution >= 4 is 11.8 Å². The first-order valence-electron chi connectivity index (χ1n) is 5.24. The number of nitrogen functional groups attached to an aromatic ring is 1.